The standard InChI is InChI=1S/C21H19N3O4/c22-12-17-5-7-24(23-17)18-10-14(9-16-6-8-27-21(16)18)13-28-19-4-2-1-3-15(19)11-20(25)26/h1-10H,11-13,22H2,(H,25,26). The number of nitrogens with zero attached hydrogens (tertiary/aromatic N) is 2. The Bertz CT molecular complexity index is 1130. The van der Waals surface area contributed by atoms with E-state index in [1.807, 2.05) is 36.5 Å². The number of nitrogens with two attached hydrogens (primary N) is 1. The number of para-hydroxylation sites is 1. The Labute approximate surface area is 160 Å². The summed E-state index contributed by atoms with van der Waals surface area (Å²) in [6.45, 7) is 0.646. The third kappa shape index (κ3) is 3.60. The zero-order chi connectivity index (χ0) is 19.5. The molecule has 0 unspecified atom stereocenters. The number of carboxylic acids is 1. The first-order chi connectivity index (χ1) is 13.6. The monoisotopic (exact) mass is 377 g/mol. The minimum Gasteiger partial charge on any atom is -0.489 e. The Morgan fingerprint density at radius 1 is 1.21 bits per heavy atom. The van der Waals surface area contributed by atoms with Crippen LogP contribution in [0.3, 0.4) is 0 Å². The summed E-state index contributed by atoms with van der Waals surface area (Å²) in [5.74, 6) is -0.337. The van der Waals surface area contributed by atoms with Gasteiger partial charge in [0.05, 0.1) is 18.4 Å². The molecule has 28 heavy (non-hydrogen) atoms. The van der Waals surface area contributed by atoms with Crippen molar-refractivity contribution in [2.24, 2.45) is 5.73 Å². The van der Waals surface area contributed by atoms with Crippen molar-refractivity contribution >= 4 is 16.9 Å². The number of carboxylic acid groups (broad SMARTS) is 1. The van der Waals surface area contributed by atoms with Gasteiger partial charge in [-0.05, 0) is 35.9 Å². The Kier molecular flexibility index (Phi) is 4.82. The average Bonchev–Trinajstić information content (AvgIpc) is 3.35. The number of ether oxygens (including phenoxy) is 1. The van der Waals surface area contributed by atoms with Gasteiger partial charge in [-0.25, -0.2) is 4.68 Å². The van der Waals surface area contributed by atoms with E-state index in [0.717, 1.165) is 27.9 Å². The van der Waals surface area contributed by atoms with Gasteiger partial charge in [0, 0.05) is 23.7 Å². The van der Waals surface area contributed by atoms with E-state index in [-0.39, 0.29) is 13.0 Å². The van der Waals surface area contributed by atoms with Gasteiger partial charge in [-0.1, -0.05) is 18.2 Å². The molecule has 0 saturated heterocycles. The van der Waals surface area contributed by atoms with Gasteiger partial charge in [-0.2, -0.15) is 5.10 Å². The molecule has 2 heterocycles. The summed E-state index contributed by atoms with van der Waals surface area (Å²) >= 11 is 0. The van der Waals surface area contributed by atoms with Crippen LogP contribution in [0.25, 0.3) is 16.7 Å². The third-order valence-corrected chi connectivity index (χ3v) is 4.40. The Balaban J connectivity index is 1.64. The first kappa shape index (κ1) is 17.8. The number of hydrogen-bond acceptors (Lipinski definition) is 5. The fourth-order valence-corrected chi connectivity index (χ4v) is 3.10. The summed E-state index contributed by atoms with van der Waals surface area (Å²) in [5.41, 5.74) is 9.51. The molecular formula is C21H19N3O4. The molecule has 7 nitrogen and oxygen atoms in total. The van der Waals surface area contributed by atoms with Crippen LogP contribution in [0.2, 0.25) is 0 Å². The van der Waals surface area contributed by atoms with E-state index in [9.17, 15) is 4.79 Å². The van der Waals surface area contributed by atoms with Crippen molar-refractivity contribution in [3.05, 3.63) is 77.8 Å². The second-order valence-electron chi connectivity index (χ2n) is 6.38. The summed E-state index contributed by atoms with van der Waals surface area (Å²) in [5, 5.41) is 14.5. The molecule has 7 heteroatoms. The Morgan fingerprint density at radius 3 is 2.86 bits per heavy atom. The topological polar surface area (TPSA) is 104 Å². The number of hydrogen-bond donors (Lipinski definition) is 2. The number of benzene rings is 2. The van der Waals surface area contributed by atoms with Crippen LogP contribution in [-0.2, 0) is 24.4 Å². The van der Waals surface area contributed by atoms with Crippen LogP contribution in [-0.4, -0.2) is 20.9 Å². The lowest BCUT2D eigenvalue weighted by molar-refractivity contribution is -0.136. The van der Waals surface area contributed by atoms with E-state index < -0.39 is 5.97 Å². The van der Waals surface area contributed by atoms with E-state index in [1.54, 1.807) is 29.1 Å². The Hall–Kier alpha value is -3.58. The number of aromatic nitrogens is 2. The van der Waals surface area contributed by atoms with Crippen LogP contribution < -0.4 is 10.5 Å². The number of furan rings is 1. The maximum atomic E-state index is 11.1. The molecule has 0 radical (unpaired) electrons. The molecule has 0 bridgehead atoms. The summed E-state index contributed by atoms with van der Waals surface area (Å²) in [6.07, 6.45) is 3.39. The highest BCUT2D eigenvalue weighted by molar-refractivity contribution is 5.85. The highest BCUT2D eigenvalue weighted by Gasteiger charge is 2.12. The summed E-state index contributed by atoms with van der Waals surface area (Å²) in [6, 6.07) is 14.8. The molecule has 4 aromatic rings. The van der Waals surface area contributed by atoms with Crippen LogP contribution in [0.4, 0.5) is 0 Å². The molecule has 0 saturated carbocycles. The van der Waals surface area contributed by atoms with Crippen molar-refractivity contribution < 1.29 is 19.1 Å². The lowest BCUT2D eigenvalue weighted by Crippen LogP contribution is -2.05. The first-order valence-electron chi connectivity index (χ1n) is 8.81. The van der Waals surface area contributed by atoms with Crippen LogP contribution in [0.5, 0.6) is 5.75 Å². The smallest absolute Gasteiger partial charge is 0.307 e. The van der Waals surface area contributed by atoms with Crippen molar-refractivity contribution in [2.75, 3.05) is 0 Å². The van der Waals surface area contributed by atoms with Gasteiger partial charge in [-0.15, -0.1) is 0 Å². The molecule has 0 aliphatic rings. The minimum atomic E-state index is -0.896. The highest BCUT2D eigenvalue weighted by atomic mass is 16.5. The minimum absolute atomic E-state index is 0.0860. The number of carbonyl (C=O) groups is 1. The van der Waals surface area contributed by atoms with Crippen molar-refractivity contribution in [3.8, 4) is 11.4 Å². The third-order valence-electron chi connectivity index (χ3n) is 4.40. The van der Waals surface area contributed by atoms with Gasteiger partial charge in [0.25, 0.3) is 0 Å². The SMILES string of the molecule is NCc1ccn(-c2cc(COc3ccccc3CC(=O)O)cc3ccoc23)n1. The van der Waals surface area contributed by atoms with Gasteiger partial charge in [0.2, 0.25) is 0 Å². The molecule has 2 aromatic carbocycles. The predicted octanol–water partition coefficient (Wildman–Crippen LogP) is 3.28. The molecule has 4 rings (SSSR count). The van der Waals surface area contributed by atoms with E-state index in [4.69, 9.17) is 20.0 Å². The van der Waals surface area contributed by atoms with E-state index in [1.165, 1.54) is 0 Å². The number of fused-ring (bicyclic) bond motifs is 1. The molecule has 0 amide bonds. The van der Waals surface area contributed by atoms with Gasteiger partial charge >= 0.3 is 5.97 Å². The summed E-state index contributed by atoms with van der Waals surface area (Å²) in [7, 11) is 0. The van der Waals surface area contributed by atoms with Gasteiger partial charge < -0.3 is 20.0 Å². The van der Waals surface area contributed by atoms with Crippen LogP contribution in [0.1, 0.15) is 16.8 Å². The quantitative estimate of drug-likeness (QED) is 0.512. The second kappa shape index (κ2) is 7.58. The fraction of sp³-hybridized carbons (Fsp3) is 0.143. The first-order valence-corrected chi connectivity index (χ1v) is 8.81. The molecule has 0 aliphatic heterocycles. The maximum absolute atomic E-state index is 11.1. The van der Waals surface area contributed by atoms with Gasteiger partial charge in [0.15, 0.2) is 5.58 Å². The number of rotatable bonds is 7. The highest BCUT2D eigenvalue weighted by Crippen LogP contribution is 2.27. The molecule has 3 N–H and O–H groups in total. The van der Waals surface area contributed by atoms with E-state index >= 15 is 0 Å². The van der Waals surface area contributed by atoms with Crippen LogP contribution in [0, 0.1) is 0 Å². The largest absolute Gasteiger partial charge is 0.489 e. The zero-order valence-corrected chi connectivity index (χ0v) is 15.0. The lowest BCUT2D eigenvalue weighted by atomic mass is 10.1. The van der Waals surface area contributed by atoms with Crippen molar-refractivity contribution in [3.63, 3.8) is 0 Å². The maximum Gasteiger partial charge on any atom is 0.307 e. The van der Waals surface area contributed by atoms with Crippen LogP contribution >= 0.6 is 0 Å². The van der Waals surface area contributed by atoms with E-state index in [0.29, 0.717) is 17.9 Å². The fourth-order valence-electron chi connectivity index (χ4n) is 3.10. The second-order valence-corrected chi connectivity index (χ2v) is 6.38. The van der Waals surface area contributed by atoms with Crippen LogP contribution in [0.15, 0.2) is 65.4 Å². The van der Waals surface area contributed by atoms with Gasteiger partial charge in [0.1, 0.15) is 18.0 Å². The molecule has 0 spiro atoms. The molecule has 0 fully saturated rings. The van der Waals surface area contributed by atoms with Gasteiger partial charge in [-0.3, -0.25) is 4.79 Å². The Morgan fingerprint density at radius 2 is 2.07 bits per heavy atom. The van der Waals surface area contributed by atoms with E-state index in [2.05, 4.69) is 5.10 Å². The molecule has 0 aliphatic carbocycles. The summed E-state index contributed by atoms with van der Waals surface area (Å²) < 4.78 is 13.3. The summed E-state index contributed by atoms with van der Waals surface area (Å²) in [4.78, 5) is 11.1. The predicted molar refractivity (Wildman–Crippen MR) is 103 cm³/mol. The normalized spacial score (nSPS) is 11.0. The lowest BCUT2D eigenvalue weighted by Gasteiger charge is -2.12. The molecule has 142 valence electrons. The van der Waals surface area contributed by atoms with Crippen molar-refractivity contribution in [2.45, 2.75) is 19.6 Å². The van der Waals surface area contributed by atoms with Crippen molar-refractivity contribution in [1.29, 1.82) is 0 Å². The molecule has 0 atom stereocenters. The number of aliphatic carboxylic acids is 1. The van der Waals surface area contributed by atoms with Crippen molar-refractivity contribution in [1.82, 2.24) is 9.78 Å². The average molecular weight is 377 g/mol. The molecule has 2 aromatic heterocycles. The zero-order valence-electron chi connectivity index (χ0n) is 15.0. The molecular weight excluding hydrogens is 358 g/mol.